The predicted octanol–water partition coefficient (Wildman–Crippen LogP) is 4.20. The van der Waals surface area contributed by atoms with Crippen LogP contribution < -0.4 is 5.32 Å². The minimum Gasteiger partial charge on any atom is -0.350 e. The molecule has 1 heterocycles. The highest BCUT2D eigenvalue weighted by atomic mass is 35.5. The lowest BCUT2D eigenvalue weighted by atomic mass is 10.1. The zero-order chi connectivity index (χ0) is 15.7. The molecule has 0 saturated carbocycles. The summed E-state index contributed by atoms with van der Waals surface area (Å²) in [7, 11) is 0. The number of fused-ring (bicyclic) bond motifs is 1. The first-order valence-electron chi connectivity index (χ1n) is 6.85. The predicted molar refractivity (Wildman–Crippen MR) is 85.6 cm³/mol. The number of halogens is 2. The lowest BCUT2D eigenvalue weighted by Gasteiger charge is -2.06. The van der Waals surface area contributed by atoms with Crippen molar-refractivity contribution >= 4 is 28.4 Å². The Morgan fingerprint density at radius 1 is 1.27 bits per heavy atom. The Hall–Kier alpha value is -2.33. The van der Waals surface area contributed by atoms with Crippen molar-refractivity contribution in [3.63, 3.8) is 0 Å². The number of hydrogen-bond donors (Lipinski definition) is 2. The molecule has 1 aromatic heterocycles. The van der Waals surface area contributed by atoms with Crippen molar-refractivity contribution < 1.29 is 9.18 Å². The molecule has 3 nitrogen and oxygen atoms in total. The third-order valence-electron chi connectivity index (χ3n) is 3.64. The van der Waals surface area contributed by atoms with Crippen molar-refractivity contribution in [2.24, 2.45) is 0 Å². The van der Waals surface area contributed by atoms with Crippen LogP contribution in [0.2, 0.25) is 5.02 Å². The summed E-state index contributed by atoms with van der Waals surface area (Å²) in [5.41, 5.74) is 2.57. The van der Waals surface area contributed by atoms with E-state index in [0.717, 1.165) is 16.5 Å². The van der Waals surface area contributed by atoms with Gasteiger partial charge in [-0.15, -0.1) is 0 Å². The molecule has 2 N–H and O–H groups in total. The molecule has 3 aromatic rings. The van der Waals surface area contributed by atoms with Gasteiger partial charge in [0.1, 0.15) is 11.5 Å². The zero-order valence-electron chi connectivity index (χ0n) is 11.9. The van der Waals surface area contributed by atoms with Gasteiger partial charge in [0.15, 0.2) is 0 Å². The summed E-state index contributed by atoms with van der Waals surface area (Å²) >= 11 is 5.96. The van der Waals surface area contributed by atoms with Gasteiger partial charge < -0.3 is 10.3 Å². The molecular formula is C17H14ClFN2O. The molecule has 0 unspecified atom stereocenters. The van der Waals surface area contributed by atoms with Gasteiger partial charge in [0.2, 0.25) is 0 Å². The Bertz CT molecular complexity index is 857. The number of aryl methyl sites for hydroxylation is 1. The molecule has 3 rings (SSSR count). The average Bonchev–Trinajstić information content (AvgIpc) is 2.82. The number of nitrogens with one attached hydrogen (secondary N) is 2. The van der Waals surface area contributed by atoms with Gasteiger partial charge in [-0.2, -0.15) is 0 Å². The van der Waals surface area contributed by atoms with Crippen molar-refractivity contribution in [3.05, 3.63) is 70.1 Å². The first-order valence-corrected chi connectivity index (χ1v) is 7.23. The van der Waals surface area contributed by atoms with E-state index in [-0.39, 0.29) is 18.3 Å². The van der Waals surface area contributed by atoms with Crippen molar-refractivity contribution in [1.29, 1.82) is 0 Å². The van der Waals surface area contributed by atoms with Crippen LogP contribution in [0.1, 0.15) is 21.6 Å². The maximum atomic E-state index is 13.6. The summed E-state index contributed by atoms with van der Waals surface area (Å²) in [6, 6.07) is 11.8. The van der Waals surface area contributed by atoms with Crippen LogP contribution in [0.4, 0.5) is 4.39 Å². The SMILES string of the molecule is Cc1c(C(=O)NCc2ccccc2F)[nH]c2cc(Cl)ccc12. The molecule has 22 heavy (non-hydrogen) atoms. The van der Waals surface area contributed by atoms with E-state index in [2.05, 4.69) is 10.3 Å². The number of carbonyl (C=O) groups excluding carboxylic acids is 1. The molecule has 112 valence electrons. The van der Waals surface area contributed by atoms with Crippen molar-refractivity contribution in [2.75, 3.05) is 0 Å². The number of carbonyl (C=O) groups is 1. The summed E-state index contributed by atoms with van der Waals surface area (Å²) in [6.07, 6.45) is 0. The molecule has 5 heteroatoms. The number of rotatable bonds is 3. The Morgan fingerprint density at radius 3 is 2.82 bits per heavy atom. The second-order valence-corrected chi connectivity index (χ2v) is 5.53. The lowest BCUT2D eigenvalue weighted by Crippen LogP contribution is -2.24. The second-order valence-electron chi connectivity index (χ2n) is 5.09. The highest BCUT2D eigenvalue weighted by Crippen LogP contribution is 2.24. The smallest absolute Gasteiger partial charge is 0.268 e. The summed E-state index contributed by atoms with van der Waals surface area (Å²) < 4.78 is 13.6. The number of amides is 1. The first-order chi connectivity index (χ1) is 10.6. The first kappa shape index (κ1) is 14.6. The normalized spacial score (nSPS) is 10.9. The summed E-state index contributed by atoms with van der Waals surface area (Å²) in [5, 5.41) is 4.28. The van der Waals surface area contributed by atoms with E-state index >= 15 is 0 Å². The maximum absolute atomic E-state index is 13.6. The van der Waals surface area contributed by atoms with Crippen LogP contribution in [0.5, 0.6) is 0 Å². The number of hydrogen-bond acceptors (Lipinski definition) is 1. The molecule has 0 aliphatic carbocycles. The summed E-state index contributed by atoms with van der Waals surface area (Å²) in [5.74, 6) is -0.601. The Morgan fingerprint density at radius 2 is 2.05 bits per heavy atom. The van der Waals surface area contributed by atoms with E-state index in [1.807, 2.05) is 13.0 Å². The standard InChI is InChI=1S/C17H14ClFN2O/c1-10-13-7-6-12(18)8-15(13)21-16(10)17(22)20-9-11-4-2-3-5-14(11)19/h2-8,21H,9H2,1H3,(H,20,22). The van der Waals surface area contributed by atoms with Gasteiger partial charge in [0.05, 0.1) is 0 Å². The molecule has 1 amide bonds. The fourth-order valence-electron chi connectivity index (χ4n) is 2.44. The molecule has 0 spiro atoms. The Labute approximate surface area is 132 Å². The minimum atomic E-state index is -0.331. The molecule has 0 atom stereocenters. The largest absolute Gasteiger partial charge is 0.350 e. The summed E-state index contributed by atoms with van der Waals surface area (Å²) in [6.45, 7) is 2.01. The van der Waals surface area contributed by atoms with Gasteiger partial charge in [-0.05, 0) is 30.7 Å². The highest BCUT2D eigenvalue weighted by Gasteiger charge is 2.15. The topological polar surface area (TPSA) is 44.9 Å². The van der Waals surface area contributed by atoms with Gasteiger partial charge in [0, 0.05) is 28.0 Å². The van der Waals surface area contributed by atoms with Crippen LogP contribution in [0.15, 0.2) is 42.5 Å². The van der Waals surface area contributed by atoms with Crippen molar-refractivity contribution in [1.82, 2.24) is 10.3 Å². The molecule has 0 radical (unpaired) electrons. The van der Waals surface area contributed by atoms with Gasteiger partial charge >= 0.3 is 0 Å². The van der Waals surface area contributed by atoms with E-state index in [1.165, 1.54) is 6.07 Å². The van der Waals surface area contributed by atoms with Gasteiger partial charge in [0.25, 0.3) is 5.91 Å². The third kappa shape index (κ3) is 2.70. The van der Waals surface area contributed by atoms with Crippen LogP contribution in [-0.2, 0) is 6.54 Å². The van der Waals surface area contributed by atoms with Crippen LogP contribution in [0.3, 0.4) is 0 Å². The van der Waals surface area contributed by atoms with E-state index in [4.69, 9.17) is 11.6 Å². The van der Waals surface area contributed by atoms with Crippen molar-refractivity contribution in [2.45, 2.75) is 13.5 Å². The Kier molecular flexibility index (Phi) is 3.86. The maximum Gasteiger partial charge on any atom is 0.268 e. The van der Waals surface area contributed by atoms with Crippen LogP contribution >= 0.6 is 11.6 Å². The molecular weight excluding hydrogens is 303 g/mol. The molecule has 0 bridgehead atoms. The highest BCUT2D eigenvalue weighted by molar-refractivity contribution is 6.31. The van der Waals surface area contributed by atoms with Crippen LogP contribution in [-0.4, -0.2) is 10.9 Å². The zero-order valence-corrected chi connectivity index (χ0v) is 12.7. The van der Waals surface area contributed by atoms with Crippen molar-refractivity contribution in [3.8, 4) is 0 Å². The fourth-order valence-corrected chi connectivity index (χ4v) is 2.61. The van der Waals surface area contributed by atoms with Gasteiger partial charge in [-0.25, -0.2) is 4.39 Å². The van der Waals surface area contributed by atoms with Gasteiger partial charge in [-0.3, -0.25) is 4.79 Å². The number of H-pyrrole nitrogens is 1. The molecule has 0 aliphatic rings. The second kappa shape index (κ2) is 5.81. The van der Waals surface area contributed by atoms with Gasteiger partial charge in [-0.1, -0.05) is 35.9 Å². The average molecular weight is 317 g/mol. The van der Waals surface area contributed by atoms with Crippen LogP contribution in [0.25, 0.3) is 10.9 Å². The summed E-state index contributed by atoms with van der Waals surface area (Å²) in [4.78, 5) is 15.4. The third-order valence-corrected chi connectivity index (χ3v) is 3.88. The Balaban J connectivity index is 1.83. The monoisotopic (exact) mass is 316 g/mol. The molecule has 0 fully saturated rings. The number of aromatic amines is 1. The van der Waals surface area contributed by atoms with E-state index in [0.29, 0.717) is 16.3 Å². The molecule has 0 aliphatic heterocycles. The number of aromatic nitrogens is 1. The fraction of sp³-hybridized carbons (Fsp3) is 0.118. The lowest BCUT2D eigenvalue weighted by molar-refractivity contribution is 0.0946. The molecule has 2 aromatic carbocycles. The van der Waals surface area contributed by atoms with E-state index < -0.39 is 0 Å². The number of benzene rings is 2. The molecule has 0 saturated heterocycles. The van der Waals surface area contributed by atoms with E-state index in [1.54, 1.807) is 30.3 Å². The van der Waals surface area contributed by atoms with E-state index in [9.17, 15) is 9.18 Å². The van der Waals surface area contributed by atoms with Crippen LogP contribution in [0, 0.1) is 12.7 Å². The quantitative estimate of drug-likeness (QED) is 0.747. The minimum absolute atomic E-state index is 0.140.